The van der Waals surface area contributed by atoms with Crippen LogP contribution in [-0.4, -0.2) is 6.10 Å². The second kappa shape index (κ2) is 4.37. The molecule has 1 aliphatic heterocycles. The largest absolute Gasteiger partial charge is 0.498 e. The van der Waals surface area contributed by atoms with Gasteiger partial charge in [-0.25, -0.2) is 0 Å². The Bertz CT molecular complexity index is 211. The van der Waals surface area contributed by atoms with Crippen LogP contribution >= 0.6 is 0 Å². The molecule has 0 N–H and O–H groups in total. The van der Waals surface area contributed by atoms with E-state index in [1.165, 1.54) is 38.5 Å². The highest BCUT2D eigenvalue weighted by Crippen LogP contribution is 2.36. The quantitative estimate of drug-likeness (QED) is 0.615. The van der Waals surface area contributed by atoms with Gasteiger partial charge in [0.25, 0.3) is 0 Å². The summed E-state index contributed by atoms with van der Waals surface area (Å²) in [6.45, 7) is 4.54. The van der Waals surface area contributed by atoms with Crippen LogP contribution in [0.15, 0.2) is 11.8 Å². The van der Waals surface area contributed by atoms with Gasteiger partial charge in [0.1, 0.15) is 0 Å². The Hall–Kier alpha value is -0.460. The molecule has 1 heterocycles. The van der Waals surface area contributed by atoms with E-state index in [1.54, 1.807) is 5.57 Å². The van der Waals surface area contributed by atoms with Gasteiger partial charge in [-0.1, -0.05) is 19.8 Å². The maximum absolute atomic E-state index is 5.61. The summed E-state index contributed by atoms with van der Waals surface area (Å²) in [6.07, 6.45) is 10.6. The lowest BCUT2D eigenvalue weighted by Gasteiger charge is -2.30. The van der Waals surface area contributed by atoms with Gasteiger partial charge in [0.05, 0.1) is 12.4 Å². The number of ether oxygens (including phenoxy) is 1. The first-order chi connectivity index (χ1) is 6.75. The topological polar surface area (TPSA) is 9.23 Å². The van der Waals surface area contributed by atoms with Gasteiger partial charge in [-0.15, -0.1) is 0 Å². The minimum Gasteiger partial charge on any atom is -0.498 e. The van der Waals surface area contributed by atoms with Crippen LogP contribution in [0.5, 0.6) is 0 Å². The Labute approximate surface area is 87.5 Å². The zero-order chi connectivity index (χ0) is 9.97. The summed E-state index contributed by atoms with van der Waals surface area (Å²) in [5.41, 5.74) is 1.59. The predicted molar refractivity (Wildman–Crippen MR) is 59.0 cm³/mol. The van der Waals surface area contributed by atoms with Crippen LogP contribution in [0.2, 0.25) is 0 Å². The molecule has 0 spiro atoms. The molecule has 0 amide bonds. The fourth-order valence-electron chi connectivity index (χ4n) is 2.63. The molecule has 1 saturated carbocycles. The monoisotopic (exact) mass is 194 g/mol. The van der Waals surface area contributed by atoms with Crippen molar-refractivity contribution in [1.82, 2.24) is 0 Å². The normalized spacial score (nSPS) is 38.7. The zero-order valence-corrected chi connectivity index (χ0v) is 9.46. The third-order valence-corrected chi connectivity index (χ3v) is 3.83. The minimum atomic E-state index is 0.446. The molecule has 14 heavy (non-hydrogen) atoms. The Morgan fingerprint density at radius 3 is 2.36 bits per heavy atom. The fraction of sp³-hybridized carbons (Fsp3) is 0.846. The third-order valence-electron chi connectivity index (χ3n) is 3.83. The Morgan fingerprint density at radius 1 is 1.07 bits per heavy atom. The summed E-state index contributed by atoms with van der Waals surface area (Å²) in [6, 6.07) is 0. The van der Waals surface area contributed by atoms with E-state index in [9.17, 15) is 0 Å². The molecular formula is C13H22O. The molecule has 0 saturated heterocycles. The molecule has 2 rings (SSSR count). The lowest BCUT2D eigenvalue weighted by molar-refractivity contribution is 0.128. The van der Waals surface area contributed by atoms with Crippen LogP contribution in [0.3, 0.4) is 0 Å². The van der Waals surface area contributed by atoms with Gasteiger partial charge in [-0.05, 0) is 50.0 Å². The van der Waals surface area contributed by atoms with E-state index in [2.05, 4.69) is 20.1 Å². The SMILES string of the molecule is CC1CCC(C2=COC(C)CC2)CC1. The number of hydrogen-bond acceptors (Lipinski definition) is 1. The Balaban J connectivity index is 1.89. The van der Waals surface area contributed by atoms with Gasteiger partial charge in [0.15, 0.2) is 0 Å². The Kier molecular flexibility index (Phi) is 3.15. The fourth-order valence-corrected chi connectivity index (χ4v) is 2.63. The molecule has 2 aliphatic rings. The Morgan fingerprint density at radius 2 is 1.79 bits per heavy atom. The molecule has 1 fully saturated rings. The third kappa shape index (κ3) is 2.31. The van der Waals surface area contributed by atoms with Crippen molar-refractivity contribution in [2.75, 3.05) is 0 Å². The standard InChI is InChI=1S/C13H22O/c1-10-3-6-12(7-4-10)13-8-5-11(2)14-9-13/h9-12H,3-8H2,1-2H3. The summed E-state index contributed by atoms with van der Waals surface area (Å²) < 4.78 is 5.61. The molecule has 0 aromatic rings. The maximum Gasteiger partial charge on any atom is 0.0953 e. The van der Waals surface area contributed by atoms with Gasteiger partial charge in [0.2, 0.25) is 0 Å². The highest BCUT2D eigenvalue weighted by Gasteiger charge is 2.23. The highest BCUT2D eigenvalue weighted by atomic mass is 16.5. The van der Waals surface area contributed by atoms with Crippen molar-refractivity contribution in [2.45, 2.75) is 58.5 Å². The van der Waals surface area contributed by atoms with Gasteiger partial charge < -0.3 is 4.74 Å². The van der Waals surface area contributed by atoms with Crippen molar-refractivity contribution in [3.8, 4) is 0 Å². The van der Waals surface area contributed by atoms with E-state index in [0.717, 1.165) is 11.8 Å². The van der Waals surface area contributed by atoms with E-state index in [1.807, 2.05) is 0 Å². The van der Waals surface area contributed by atoms with Gasteiger partial charge >= 0.3 is 0 Å². The molecule has 1 unspecified atom stereocenters. The van der Waals surface area contributed by atoms with E-state index >= 15 is 0 Å². The molecule has 1 atom stereocenters. The van der Waals surface area contributed by atoms with E-state index in [-0.39, 0.29) is 0 Å². The minimum absolute atomic E-state index is 0.446. The maximum atomic E-state index is 5.61. The van der Waals surface area contributed by atoms with Crippen molar-refractivity contribution in [2.24, 2.45) is 11.8 Å². The average Bonchev–Trinajstić information content (AvgIpc) is 2.21. The van der Waals surface area contributed by atoms with Crippen LogP contribution in [-0.2, 0) is 4.74 Å². The van der Waals surface area contributed by atoms with Crippen LogP contribution in [0.4, 0.5) is 0 Å². The van der Waals surface area contributed by atoms with Crippen LogP contribution in [0.25, 0.3) is 0 Å². The van der Waals surface area contributed by atoms with Crippen molar-refractivity contribution in [1.29, 1.82) is 0 Å². The van der Waals surface area contributed by atoms with Crippen molar-refractivity contribution >= 4 is 0 Å². The summed E-state index contributed by atoms with van der Waals surface area (Å²) in [4.78, 5) is 0. The molecule has 80 valence electrons. The molecule has 0 aromatic carbocycles. The lowest BCUT2D eigenvalue weighted by atomic mass is 9.78. The lowest BCUT2D eigenvalue weighted by Crippen LogP contribution is -2.19. The highest BCUT2D eigenvalue weighted by molar-refractivity contribution is 5.07. The number of allylic oxidation sites excluding steroid dienone is 1. The first-order valence-corrected chi connectivity index (χ1v) is 6.10. The zero-order valence-electron chi connectivity index (χ0n) is 9.46. The van der Waals surface area contributed by atoms with Gasteiger partial charge in [-0.2, -0.15) is 0 Å². The summed E-state index contributed by atoms with van der Waals surface area (Å²) in [5, 5.41) is 0. The molecule has 0 bridgehead atoms. The molecule has 0 radical (unpaired) electrons. The van der Waals surface area contributed by atoms with Crippen LogP contribution in [0.1, 0.15) is 52.4 Å². The van der Waals surface area contributed by atoms with Crippen molar-refractivity contribution in [3.63, 3.8) is 0 Å². The van der Waals surface area contributed by atoms with Gasteiger partial charge in [0, 0.05) is 0 Å². The van der Waals surface area contributed by atoms with Gasteiger partial charge in [-0.3, -0.25) is 0 Å². The molecule has 0 aromatic heterocycles. The smallest absolute Gasteiger partial charge is 0.0953 e. The van der Waals surface area contributed by atoms with Crippen LogP contribution < -0.4 is 0 Å². The second-order valence-corrected chi connectivity index (χ2v) is 5.13. The number of rotatable bonds is 1. The van der Waals surface area contributed by atoms with E-state index < -0.39 is 0 Å². The second-order valence-electron chi connectivity index (χ2n) is 5.13. The first-order valence-electron chi connectivity index (χ1n) is 6.10. The van der Waals surface area contributed by atoms with Crippen molar-refractivity contribution < 1.29 is 4.74 Å². The molecular weight excluding hydrogens is 172 g/mol. The summed E-state index contributed by atoms with van der Waals surface area (Å²) in [5.74, 6) is 1.80. The summed E-state index contributed by atoms with van der Waals surface area (Å²) in [7, 11) is 0. The predicted octanol–water partition coefficient (Wildman–Crippen LogP) is 3.90. The van der Waals surface area contributed by atoms with E-state index in [0.29, 0.717) is 6.10 Å². The van der Waals surface area contributed by atoms with E-state index in [4.69, 9.17) is 4.74 Å². The van der Waals surface area contributed by atoms with Crippen molar-refractivity contribution in [3.05, 3.63) is 11.8 Å². The molecule has 1 heteroatoms. The summed E-state index contributed by atoms with van der Waals surface area (Å²) >= 11 is 0. The molecule has 1 aliphatic carbocycles. The number of hydrogen-bond donors (Lipinski definition) is 0. The van der Waals surface area contributed by atoms with Crippen LogP contribution in [0, 0.1) is 11.8 Å². The molecule has 1 nitrogen and oxygen atoms in total. The average molecular weight is 194 g/mol. The first kappa shape index (κ1) is 10.1.